The standard InChI is InChI=1S/2C21H17ClFN5O2/c1-2-29-13-28-20(19(26-27-28)14-3-7-16(23)8-4-14)18-11-12-24-21(25-18)30-17-9-5-15(22)6-10-17;1-2-29-13-28-20(19(26-27-28)14-6-8-16(23)9-7-14)18-10-11-24-21(25-18)30-17-5-3-4-15(22)12-17/h2*3-12H,2,13H2,1H3. The Bertz CT molecular complexity index is 2650. The molecule has 0 aliphatic heterocycles. The molecule has 0 atom stereocenters. The zero-order valence-electron chi connectivity index (χ0n) is 32.0. The molecular weight excluding hydrogens is 817 g/mol. The summed E-state index contributed by atoms with van der Waals surface area (Å²) < 4.78 is 52.4. The predicted molar refractivity (Wildman–Crippen MR) is 219 cm³/mol. The van der Waals surface area contributed by atoms with Gasteiger partial charge in [-0.25, -0.2) is 28.1 Å². The van der Waals surface area contributed by atoms with Crippen LogP contribution in [-0.2, 0) is 22.9 Å². The lowest BCUT2D eigenvalue weighted by atomic mass is 10.1. The highest BCUT2D eigenvalue weighted by Crippen LogP contribution is 2.33. The summed E-state index contributed by atoms with van der Waals surface area (Å²) in [6, 6.07) is 29.6. The average molecular weight is 852 g/mol. The van der Waals surface area contributed by atoms with Gasteiger partial charge in [-0.15, -0.1) is 10.2 Å². The van der Waals surface area contributed by atoms with Crippen molar-refractivity contribution in [3.8, 4) is 68.8 Å². The molecule has 4 aromatic carbocycles. The quantitative estimate of drug-likeness (QED) is 0.102. The third-order valence-electron chi connectivity index (χ3n) is 8.32. The first-order chi connectivity index (χ1) is 29.3. The van der Waals surface area contributed by atoms with Crippen molar-refractivity contribution in [2.45, 2.75) is 27.3 Å². The van der Waals surface area contributed by atoms with Crippen LogP contribution in [0.1, 0.15) is 13.8 Å². The van der Waals surface area contributed by atoms with Gasteiger partial charge in [-0.1, -0.05) is 39.7 Å². The van der Waals surface area contributed by atoms with Crippen LogP contribution >= 0.6 is 23.2 Å². The van der Waals surface area contributed by atoms with Crippen LogP contribution in [0.15, 0.2) is 122 Å². The van der Waals surface area contributed by atoms with Crippen LogP contribution in [0.25, 0.3) is 45.3 Å². The summed E-state index contributed by atoms with van der Waals surface area (Å²) >= 11 is 11.9. The number of aromatic nitrogens is 10. The number of rotatable bonds is 14. The summed E-state index contributed by atoms with van der Waals surface area (Å²) in [5, 5.41) is 18.0. The number of hydrogen-bond donors (Lipinski definition) is 0. The number of halogens is 4. The van der Waals surface area contributed by atoms with E-state index in [0.29, 0.717) is 80.0 Å². The number of benzene rings is 4. The summed E-state index contributed by atoms with van der Waals surface area (Å²) in [6.45, 7) is 5.18. The molecule has 304 valence electrons. The normalized spacial score (nSPS) is 10.9. The van der Waals surface area contributed by atoms with Gasteiger partial charge in [-0.2, -0.15) is 9.97 Å². The summed E-state index contributed by atoms with van der Waals surface area (Å²) in [7, 11) is 0. The van der Waals surface area contributed by atoms with Crippen molar-refractivity contribution in [2.75, 3.05) is 13.2 Å². The van der Waals surface area contributed by atoms with Crippen LogP contribution in [-0.4, -0.2) is 63.1 Å². The second-order valence-electron chi connectivity index (χ2n) is 12.4. The molecule has 0 N–H and O–H groups in total. The highest BCUT2D eigenvalue weighted by Gasteiger charge is 2.21. The van der Waals surface area contributed by atoms with Gasteiger partial charge in [0.15, 0.2) is 0 Å². The topological polar surface area (TPSA) is 150 Å². The van der Waals surface area contributed by atoms with E-state index < -0.39 is 0 Å². The van der Waals surface area contributed by atoms with E-state index in [2.05, 4.69) is 40.6 Å². The van der Waals surface area contributed by atoms with Crippen LogP contribution in [0.5, 0.6) is 23.5 Å². The van der Waals surface area contributed by atoms with Gasteiger partial charge in [0.1, 0.15) is 59.4 Å². The molecule has 0 fully saturated rings. The van der Waals surface area contributed by atoms with Crippen molar-refractivity contribution in [2.24, 2.45) is 0 Å². The Morgan fingerprint density at radius 2 is 1.03 bits per heavy atom. The molecule has 0 saturated carbocycles. The third-order valence-corrected chi connectivity index (χ3v) is 8.81. The van der Waals surface area contributed by atoms with Gasteiger partial charge in [0.2, 0.25) is 0 Å². The maximum Gasteiger partial charge on any atom is 0.322 e. The molecule has 14 nitrogen and oxygen atoms in total. The lowest BCUT2D eigenvalue weighted by Gasteiger charge is -2.09. The van der Waals surface area contributed by atoms with Crippen LogP contribution in [0.4, 0.5) is 8.78 Å². The molecule has 0 aliphatic rings. The Morgan fingerprint density at radius 3 is 1.50 bits per heavy atom. The van der Waals surface area contributed by atoms with E-state index in [1.165, 1.54) is 24.3 Å². The summed E-state index contributed by atoms with van der Waals surface area (Å²) in [4.78, 5) is 17.4. The lowest BCUT2D eigenvalue weighted by Crippen LogP contribution is -2.07. The first-order valence-electron chi connectivity index (χ1n) is 18.4. The van der Waals surface area contributed by atoms with Crippen molar-refractivity contribution < 1.29 is 27.7 Å². The molecule has 0 bridgehead atoms. The second-order valence-corrected chi connectivity index (χ2v) is 13.3. The lowest BCUT2D eigenvalue weighted by molar-refractivity contribution is 0.0789. The molecule has 0 unspecified atom stereocenters. The Kier molecular flexibility index (Phi) is 13.7. The van der Waals surface area contributed by atoms with Gasteiger partial charge in [0.25, 0.3) is 0 Å². The van der Waals surface area contributed by atoms with E-state index in [0.717, 1.165) is 0 Å². The Hall–Kier alpha value is -6.72. The van der Waals surface area contributed by atoms with Gasteiger partial charge in [0, 0.05) is 46.8 Å². The fourth-order valence-corrected chi connectivity index (χ4v) is 5.87. The average Bonchev–Trinajstić information content (AvgIpc) is 3.89. The maximum atomic E-state index is 13.4. The highest BCUT2D eigenvalue weighted by molar-refractivity contribution is 6.30. The van der Waals surface area contributed by atoms with E-state index >= 15 is 0 Å². The first-order valence-corrected chi connectivity index (χ1v) is 19.1. The number of ether oxygens (including phenoxy) is 4. The summed E-state index contributed by atoms with van der Waals surface area (Å²) in [5.74, 6) is 0.402. The zero-order valence-corrected chi connectivity index (χ0v) is 33.5. The Morgan fingerprint density at radius 1 is 0.550 bits per heavy atom. The van der Waals surface area contributed by atoms with Crippen molar-refractivity contribution in [3.05, 3.63) is 143 Å². The van der Waals surface area contributed by atoms with Crippen LogP contribution in [0.2, 0.25) is 10.0 Å². The van der Waals surface area contributed by atoms with E-state index in [1.54, 1.807) is 107 Å². The molecule has 4 aromatic heterocycles. The van der Waals surface area contributed by atoms with Gasteiger partial charge >= 0.3 is 12.0 Å². The van der Waals surface area contributed by atoms with Crippen LogP contribution in [0, 0.1) is 11.6 Å². The molecule has 0 radical (unpaired) electrons. The molecule has 60 heavy (non-hydrogen) atoms. The van der Waals surface area contributed by atoms with Gasteiger partial charge in [-0.05, 0) is 117 Å². The molecule has 8 rings (SSSR count). The van der Waals surface area contributed by atoms with E-state index in [4.69, 9.17) is 42.1 Å². The monoisotopic (exact) mass is 850 g/mol. The minimum atomic E-state index is -0.332. The Labute approximate surface area is 352 Å². The molecular formula is C42H34Cl2F2N10O4. The van der Waals surface area contributed by atoms with Gasteiger partial charge < -0.3 is 18.9 Å². The third kappa shape index (κ3) is 10.5. The number of hydrogen-bond acceptors (Lipinski definition) is 12. The zero-order chi connectivity index (χ0) is 41.8. The maximum absolute atomic E-state index is 13.4. The summed E-state index contributed by atoms with van der Waals surface area (Å²) in [6.07, 6.45) is 3.16. The largest absolute Gasteiger partial charge is 0.424 e. The van der Waals surface area contributed by atoms with Crippen molar-refractivity contribution in [1.82, 2.24) is 49.9 Å². The molecule has 4 heterocycles. The van der Waals surface area contributed by atoms with Gasteiger partial charge in [0.05, 0.1) is 11.4 Å². The minimum Gasteiger partial charge on any atom is -0.424 e. The first kappa shape index (κ1) is 41.4. The SMILES string of the molecule is CCOCn1nnc(-c2ccc(F)cc2)c1-c1ccnc(Oc2ccc(Cl)cc2)n1.CCOCn1nnc(-c2ccc(F)cc2)c1-c1ccnc(Oc2cccc(Cl)c2)n1. The summed E-state index contributed by atoms with van der Waals surface area (Å²) in [5.41, 5.74) is 4.78. The van der Waals surface area contributed by atoms with Gasteiger partial charge in [-0.3, -0.25) is 0 Å². The fourth-order valence-electron chi connectivity index (χ4n) is 5.56. The minimum absolute atomic E-state index is 0.143. The van der Waals surface area contributed by atoms with Crippen molar-refractivity contribution >= 4 is 23.2 Å². The van der Waals surface area contributed by atoms with E-state index in [9.17, 15) is 8.78 Å². The fraction of sp³-hybridized carbons (Fsp3) is 0.143. The predicted octanol–water partition coefficient (Wildman–Crippen LogP) is 9.96. The van der Waals surface area contributed by atoms with Crippen molar-refractivity contribution in [1.29, 1.82) is 0 Å². The van der Waals surface area contributed by atoms with E-state index in [-0.39, 0.29) is 37.1 Å². The molecule has 0 spiro atoms. The van der Waals surface area contributed by atoms with E-state index in [1.807, 2.05) is 13.8 Å². The van der Waals surface area contributed by atoms with Crippen LogP contribution < -0.4 is 9.47 Å². The number of nitrogens with zero attached hydrogens (tertiary/aromatic N) is 10. The second kappa shape index (κ2) is 19.8. The molecule has 0 amide bonds. The van der Waals surface area contributed by atoms with Crippen LogP contribution in [0.3, 0.4) is 0 Å². The molecule has 8 aromatic rings. The molecule has 18 heteroatoms. The molecule has 0 aliphatic carbocycles. The Balaban J connectivity index is 0.000000181. The van der Waals surface area contributed by atoms with Crippen molar-refractivity contribution in [3.63, 3.8) is 0 Å². The molecule has 0 saturated heterocycles. The smallest absolute Gasteiger partial charge is 0.322 e. The highest BCUT2D eigenvalue weighted by atomic mass is 35.5.